The Labute approximate surface area is 98.3 Å². The average Bonchev–Trinajstić information content (AvgIpc) is 2.22. The molecular formula is C10H11Cl2NO2. The van der Waals surface area contributed by atoms with Gasteiger partial charge in [-0.15, -0.1) is 0 Å². The summed E-state index contributed by atoms with van der Waals surface area (Å²) in [5, 5.41) is 3.28. The first-order chi connectivity index (χ1) is 6.97. The molecule has 5 heteroatoms. The lowest BCUT2D eigenvalue weighted by molar-refractivity contribution is 0.203. The zero-order chi connectivity index (χ0) is 11.6. The standard InChI is InChI=1S/C10H11Cl2NO2/c1-5-4-7(15-10(14)13-3)9(12)6(2)8(5)11/h4H,1-3H3,(H,13,14). The Morgan fingerprint density at radius 3 is 2.47 bits per heavy atom. The summed E-state index contributed by atoms with van der Waals surface area (Å²) in [7, 11) is 1.48. The Morgan fingerprint density at radius 1 is 1.33 bits per heavy atom. The molecule has 1 N–H and O–H groups in total. The molecule has 0 saturated carbocycles. The maximum absolute atomic E-state index is 11.0. The van der Waals surface area contributed by atoms with E-state index >= 15 is 0 Å². The van der Waals surface area contributed by atoms with Gasteiger partial charge in [0.1, 0.15) is 0 Å². The Hall–Kier alpha value is -0.930. The number of benzene rings is 1. The van der Waals surface area contributed by atoms with E-state index in [-0.39, 0.29) is 0 Å². The Kier molecular flexibility index (Phi) is 3.83. The fourth-order valence-corrected chi connectivity index (χ4v) is 1.51. The van der Waals surface area contributed by atoms with Crippen LogP contribution in [0.1, 0.15) is 11.1 Å². The normalized spacial score (nSPS) is 9.93. The van der Waals surface area contributed by atoms with Crippen molar-refractivity contribution in [1.29, 1.82) is 0 Å². The van der Waals surface area contributed by atoms with Crippen molar-refractivity contribution < 1.29 is 9.53 Å². The van der Waals surface area contributed by atoms with E-state index in [4.69, 9.17) is 27.9 Å². The fourth-order valence-electron chi connectivity index (χ4n) is 1.13. The third-order valence-corrected chi connectivity index (χ3v) is 3.03. The van der Waals surface area contributed by atoms with E-state index in [0.717, 1.165) is 5.56 Å². The highest BCUT2D eigenvalue weighted by Gasteiger charge is 2.13. The van der Waals surface area contributed by atoms with Crippen molar-refractivity contribution in [1.82, 2.24) is 5.32 Å². The zero-order valence-corrected chi connectivity index (χ0v) is 10.2. The Morgan fingerprint density at radius 2 is 1.93 bits per heavy atom. The van der Waals surface area contributed by atoms with E-state index < -0.39 is 6.09 Å². The average molecular weight is 248 g/mol. The molecule has 1 rings (SSSR count). The van der Waals surface area contributed by atoms with Crippen LogP contribution in [0.3, 0.4) is 0 Å². The number of hydrogen-bond donors (Lipinski definition) is 1. The molecule has 0 atom stereocenters. The molecular weight excluding hydrogens is 237 g/mol. The molecule has 0 fully saturated rings. The highest BCUT2D eigenvalue weighted by Crippen LogP contribution is 2.35. The number of rotatable bonds is 1. The number of halogens is 2. The molecule has 0 saturated heterocycles. The maximum Gasteiger partial charge on any atom is 0.412 e. The van der Waals surface area contributed by atoms with Gasteiger partial charge in [0.2, 0.25) is 0 Å². The molecule has 0 aliphatic heterocycles. The molecule has 1 aromatic rings. The molecule has 0 radical (unpaired) electrons. The van der Waals surface area contributed by atoms with E-state index in [1.54, 1.807) is 13.0 Å². The second kappa shape index (κ2) is 4.73. The number of ether oxygens (including phenoxy) is 1. The number of carbonyl (C=O) groups is 1. The van der Waals surface area contributed by atoms with Gasteiger partial charge in [0.05, 0.1) is 5.02 Å². The molecule has 0 aromatic heterocycles. The van der Waals surface area contributed by atoms with Crippen molar-refractivity contribution in [3.8, 4) is 5.75 Å². The maximum atomic E-state index is 11.0. The number of carbonyl (C=O) groups excluding carboxylic acids is 1. The molecule has 82 valence electrons. The summed E-state index contributed by atoms with van der Waals surface area (Å²) in [6.07, 6.45) is -0.557. The summed E-state index contributed by atoms with van der Waals surface area (Å²) in [4.78, 5) is 11.0. The highest BCUT2D eigenvalue weighted by atomic mass is 35.5. The molecule has 0 aliphatic carbocycles. The molecule has 1 amide bonds. The predicted octanol–water partition coefficient (Wildman–Crippen LogP) is 3.33. The van der Waals surface area contributed by atoms with Crippen LogP contribution in [0.4, 0.5) is 4.79 Å². The van der Waals surface area contributed by atoms with Crippen LogP contribution in [-0.2, 0) is 0 Å². The monoisotopic (exact) mass is 247 g/mol. The highest BCUT2D eigenvalue weighted by molar-refractivity contribution is 6.37. The zero-order valence-electron chi connectivity index (χ0n) is 8.65. The first kappa shape index (κ1) is 12.1. The molecule has 0 unspecified atom stereocenters. The van der Waals surface area contributed by atoms with Crippen molar-refractivity contribution in [2.75, 3.05) is 7.05 Å². The molecule has 0 aliphatic rings. The van der Waals surface area contributed by atoms with Gasteiger partial charge < -0.3 is 10.1 Å². The van der Waals surface area contributed by atoms with Crippen LogP contribution in [0.25, 0.3) is 0 Å². The molecule has 3 nitrogen and oxygen atoms in total. The smallest absolute Gasteiger partial charge is 0.409 e. The molecule has 0 spiro atoms. The van der Waals surface area contributed by atoms with Gasteiger partial charge in [0, 0.05) is 12.1 Å². The number of aryl methyl sites for hydroxylation is 1. The molecule has 1 aromatic carbocycles. The van der Waals surface area contributed by atoms with Gasteiger partial charge in [-0.3, -0.25) is 0 Å². The minimum absolute atomic E-state index is 0.315. The first-order valence-electron chi connectivity index (χ1n) is 4.32. The van der Waals surface area contributed by atoms with Crippen LogP contribution in [-0.4, -0.2) is 13.1 Å². The lowest BCUT2D eigenvalue weighted by Crippen LogP contribution is -2.22. The summed E-state index contributed by atoms with van der Waals surface area (Å²) in [5.74, 6) is 0.315. The quantitative estimate of drug-likeness (QED) is 0.827. The summed E-state index contributed by atoms with van der Waals surface area (Å²) in [5.41, 5.74) is 1.52. The van der Waals surface area contributed by atoms with Crippen molar-refractivity contribution in [3.63, 3.8) is 0 Å². The second-order valence-electron chi connectivity index (χ2n) is 3.08. The number of hydrogen-bond acceptors (Lipinski definition) is 2. The molecule has 15 heavy (non-hydrogen) atoms. The molecule has 0 bridgehead atoms. The van der Waals surface area contributed by atoms with Gasteiger partial charge in [-0.2, -0.15) is 0 Å². The van der Waals surface area contributed by atoms with Crippen LogP contribution in [0.15, 0.2) is 6.07 Å². The minimum Gasteiger partial charge on any atom is -0.409 e. The van der Waals surface area contributed by atoms with E-state index in [1.807, 2.05) is 6.92 Å². The SMILES string of the molecule is CNC(=O)Oc1cc(C)c(Cl)c(C)c1Cl. The van der Waals surface area contributed by atoms with Crippen LogP contribution in [0.5, 0.6) is 5.75 Å². The summed E-state index contributed by atoms with van der Waals surface area (Å²) in [6, 6.07) is 1.63. The second-order valence-corrected chi connectivity index (χ2v) is 3.84. The Bertz CT molecular complexity index is 405. The summed E-state index contributed by atoms with van der Waals surface area (Å²) < 4.78 is 4.97. The van der Waals surface area contributed by atoms with E-state index in [2.05, 4.69) is 5.32 Å². The van der Waals surface area contributed by atoms with Gasteiger partial charge >= 0.3 is 6.09 Å². The van der Waals surface area contributed by atoms with E-state index in [9.17, 15) is 4.79 Å². The molecule has 0 heterocycles. The topological polar surface area (TPSA) is 38.3 Å². The van der Waals surface area contributed by atoms with Gasteiger partial charge in [0.15, 0.2) is 5.75 Å². The third-order valence-electron chi connectivity index (χ3n) is 1.98. The minimum atomic E-state index is -0.557. The van der Waals surface area contributed by atoms with Crippen LogP contribution >= 0.6 is 23.2 Å². The van der Waals surface area contributed by atoms with Crippen molar-refractivity contribution in [3.05, 3.63) is 27.2 Å². The van der Waals surface area contributed by atoms with Crippen LogP contribution < -0.4 is 10.1 Å². The van der Waals surface area contributed by atoms with Gasteiger partial charge in [-0.1, -0.05) is 23.2 Å². The number of nitrogens with one attached hydrogen (secondary N) is 1. The Balaban J connectivity index is 3.15. The van der Waals surface area contributed by atoms with Crippen LogP contribution in [0, 0.1) is 13.8 Å². The number of amides is 1. The van der Waals surface area contributed by atoms with Gasteiger partial charge in [0.25, 0.3) is 0 Å². The first-order valence-corrected chi connectivity index (χ1v) is 5.07. The van der Waals surface area contributed by atoms with Crippen molar-refractivity contribution in [2.45, 2.75) is 13.8 Å². The van der Waals surface area contributed by atoms with Crippen molar-refractivity contribution in [2.24, 2.45) is 0 Å². The van der Waals surface area contributed by atoms with Crippen molar-refractivity contribution >= 4 is 29.3 Å². The fraction of sp³-hybridized carbons (Fsp3) is 0.300. The van der Waals surface area contributed by atoms with Gasteiger partial charge in [-0.05, 0) is 31.0 Å². The van der Waals surface area contributed by atoms with Gasteiger partial charge in [-0.25, -0.2) is 4.79 Å². The van der Waals surface area contributed by atoms with E-state index in [0.29, 0.717) is 21.4 Å². The van der Waals surface area contributed by atoms with Crippen LogP contribution in [0.2, 0.25) is 10.0 Å². The van der Waals surface area contributed by atoms with E-state index in [1.165, 1.54) is 7.05 Å². The largest absolute Gasteiger partial charge is 0.412 e. The summed E-state index contributed by atoms with van der Waals surface area (Å²) in [6.45, 7) is 3.59. The lowest BCUT2D eigenvalue weighted by atomic mass is 10.1. The summed E-state index contributed by atoms with van der Waals surface area (Å²) >= 11 is 12.0. The third kappa shape index (κ3) is 2.55. The predicted molar refractivity (Wildman–Crippen MR) is 61.0 cm³/mol. The lowest BCUT2D eigenvalue weighted by Gasteiger charge is -2.10.